The van der Waals surface area contributed by atoms with E-state index < -0.39 is 5.60 Å². The van der Waals surface area contributed by atoms with Gasteiger partial charge in [-0.15, -0.1) is 11.3 Å². The number of carbonyl (C=O) groups is 1. The van der Waals surface area contributed by atoms with E-state index in [1.165, 1.54) is 11.3 Å². The van der Waals surface area contributed by atoms with Crippen LogP contribution < -0.4 is 10.1 Å². The van der Waals surface area contributed by atoms with Crippen LogP contribution in [0.5, 0.6) is 5.75 Å². The van der Waals surface area contributed by atoms with Gasteiger partial charge in [0.05, 0.1) is 25.9 Å². The first-order chi connectivity index (χ1) is 14.7. The van der Waals surface area contributed by atoms with Crippen LogP contribution in [0.25, 0.3) is 20.8 Å². The van der Waals surface area contributed by atoms with E-state index in [0.29, 0.717) is 27.0 Å². The summed E-state index contributed by atoms with van der Waals surface area (Å²) >= 11 is 17.7. The first kappa shape index (κ1) is 22.1. The molecule has 0 aliphatic carbocycles. The van der Waals surface area contributed by atoms with Crippen molar-refractivity contribution in [1.29, 1.82) is 0 Å². The van der Waals surface area contributed by atoms with Crippen molar-refractivity contribution in [1.82, 2.24) is 4.98 Å². The van der Waals surface area contributed by atoms with Crippen molar-refractivity contribution in [3.63, 3.8) is 0 Å². The van der Waals surface area contributed by atoms with Crippen molar-refractivity contribution < 1.29 is 9.53 Å². The lowest BCUT2D eigenvalue weighted by Crippen LogP contribution is -2.42. The molecule has 0 aliphatic heterocycles. The predicted octanol–water partition coefficient (Wildman–Crippen LogP) is 7.83. The van der Waals surface area contributed by atoms with E-state index in [2.05, 4.69) is 26.2 Å². The molecule has 0 unspecified atom stereocenters. The SMILES string of the molecule is CC(C)(Oc1ccc(Br)cc1)C(=O)Nc1cc(-c2nc3ccccc3s2)c(Cl)cc1Cl. The van der Waals surface area contributed by atoms with Crippen molar-refractivity contribution in [2.75, 3.05) is 5.32 Å². The molecule has 0 bridgehead atoms. The second-order valence-corrected chi connectivity index (χ2v) is 10.1. The number of ether oxygens (including phenoxy) is 1. The van der Waals surface area contributed by atoms with E-state index in [-0.39, 0.29) is 5.91 Å². The average Bonchev–Trinajstić information content (AvgIpc) is 3.15. The number of hydrogen-bond donors (Lipinski definition) is 1. The molecule has 0 saturated carbocycles. The Morgan fingerprint density at radius 1 is 1.06 bits per heavy atom. The van der Waals surface area contributed by atoms with Gasteiger partial charge in [0.1, 0.15) is 10.8 Å². The maximum atomic E-state index is 13.0. The van der Waals surface area contributed by atoms with Gasteiger partial charge in [-0.1, -0.05) is 51.3 Å². The fourth-order valence-corrected chi connectivity index (χ4v) is 4.75. The topological polar surface area (TPSA) is 51.2 Å². The third-order valence-corrected chi connectivity index (χ3v) is 6.79. The van der Waals surface area contributed by atoms with Gasteiger partial charge in [-0.25, -0.2) is 4.98 Å². The largest absolute Gasteiger partial charge is 0.478 e. The smallest absolute Gasteiger partial charge is 0.268 e. The summed E-state index contributed by atoms with van der Waals surface area (Å²) in [6, 6.07) is 18.5. The summed E-state index contributed by atoms with van der Waals surface area (Å²) < 4.78 is 7.88. The van der Waals surface area contributed by atoms with Crippen LogP contribution in [0.4, 0.5) is 5.69 Å². The summed E-state index contributed by atoms with van der Waals surface area (Å²) in [4.78, 5) is 17.6. The molecule has 0 fully saturated rings. The number of para-hydroxylation sites is 1. The monoisotopic (exact) mass is 534 g/mol. The van der Waals surface area contributed by atoms with Crippen LogP contribution in [0.2, 0.25) is 10.0 Å². The zero-order valence-electron chi connectivity index (χ0n) is 16.6. The summed E-state index contributed by atoms with van der Waals surface area (Å²) in [6.45, 7) is 3.39. The first-order valence-electron chi connectivity index (χ1n) is 9.34. The molecule has 8 heteroatoms. The Morgan fingerprint density at radius 2 is 1.77 bits per heavy atom. The van der Waals surface area contributed by atoms with Crippen LogP contribution in [-0.4, -0.2) is 16.5 Å². The normalized spacial score (nSPS) is 11.5. The lowest BCUT2D eigenvalue weighted by molar-refractivity contribution is -0.128. The molecule has 4 aromatic rings. The molecule has 0 saturated heterocycles. The van der Waals surface area contributed by atoms with Gasteiger partial charge in [-0.2, -0.15) is 0 Å². The maximum Gasteiger partial charge on any atom is 0.268 e. The number of benzene rings is 3. The molecular formula is C23H17BrCl2N2O2S. The summed E-state index contributed by atoms with van der Waals surface area (Å²) in [5.74, 6) is 0.246. The van der Waals surface area contributed by atoms with Crippen molar-refractivity contribution in [2.24, 2.45) is 0 Å². The Bertz CT molecular complexity index is 1240. The Hall–Kier alpha value is -2.12. The highest BCUT2D eigenvalue weighted by Crippen LogP contribution is 2.39. The van der Waals surface area contributed by atoms with E-state index >= 15 is 0 Å². The Balaban J connectivity index is 1.61. The minimum atomic E-state index is -1.13. The van der Waals surface area contributed by atoms with Crippen LogP contribution >= 0.6 is 50.5 Å². The van der Waals surface area contributed by atoms with Crippen molar-refractivity contribution in [3.8, 4) is 16.3 Å². The number of aromatic nitrogens is 1. The number of nitrogens with zero attached hydrogens (tertiary/aromatic N) is 1. The summed E-state index contributed by atoms with van der Waals surface area (Å²) in [5.41, 5.74) is 0.905. The molecule has 3 aromatic carbocycles. The van der Waals surface area contributed by atoms with Crippen molar-refractivity contribution in [2.45, 2.75) is 19.4 Å². The molecule has 0 atom stereocenters. The molecule has 158 valence electrons. The molecule has 1 amide bonds. The third kappa shape index (κ3) is 4.88. The highest BCUT2D eigenvalue weighted by Gasteiger charge is 2.31. The second-order valence-electron chi connectivity index (χ2n) is 7.32. The van der Waals surface area contributed by atoms with E-state index in [1.807, 2.05) is 36.4 Å². The highest BCUT2D eigenvalue weighted by atomic mass is 79.9. The van der Waals surface area contributed by atoms with E-state index in [4.69, 9.17) is 27.9 Å². The number of thiazole rings is 1. The lowest BCUT2D eigenvalue weighted by Gasteiger charge is -2.25. The molecule has 1 N–H and O–H groups in total. The van der Waals surface area contributed by atoms with Gasteiger partial charge in [0, 0.05) is 10.0 Å². The van der Waals surface area contributed by atoms with E-state index in [9.17, 15) is 4.79 Å². The first-order valence-corrected chi connectivity index (χ1v) is 11.7. The van der Waals surface area contributed by atoms with Crippen LogP contribution in [-0.2, 0) is 4.79 Å². The Kier molecular flexibility index (Phi) is 6.26. The fraction of sp³-hybridized carbons (Fsp3) is 0.130. The van der Waals surface area contributed by atoms with Gasteiger partial charge in [-0.05, 0) is 62.4 Å². The van der Waals surface area contributed by atoms with Crippen LogP contribution in [0.1, 0.15) is 13.8 Å². The van der Waals surface area contributed by atoms with E-state index in [0.717, 1.165) is 19.7 Å². The minimum absolute atomic E-state index is 0.336. The molecule has 0 aliphatic rings. The number of anilines is 1. The average molecular weight is 536 g/mol. The highest BCUT2D eigenvalue weighted by molar-refractivity contribution is 9.10. The minimum Gasteiger partial charge on any atom is -0.478 e. The Morgan fingerprint density at radius 3 is 2.48 bits per heavy atom. The quantitative estimate of drug-likeness (QED) is 0.283. The number of rotatable bonds is 5. The van der Waals surface area contributed by atoms with Gasteiger partial charge >= 0.3 is 0 Å². The number of carbonyl (C=O) groups excluding carboxylic acids is 1. The van der Waals surface area contributed by atoms with Crippen LogP contribution in [0.15, 0.2) is 65.1 Å². The Labute approximate surface area is 202 Å². The molecule has 31 heavy (non-hydrogen) atoms. The number of fused-ring (bicyclic) bond motifs is 1. The molecule has 0 radical (unpaired) electrons. The molecule has 4 nitrogen and oxygen atoms in total. The zero-order valence-corrected chi connectivity index (χ0v) is 20.5. The maximum absolute atomic E-state index is 13.0. The number of amides is 1. The fourth-order valence-electron chi connectivity index (χ4n) is 2.91. The predicted molar refractivity (Wildman–Crippen MR) is 133 cm³/mol. The van der Waals surface area contributed by atoms with Gasteiger partial charge < -0.3 is 10.1 Å². The van der Waals surface area contributed by atoms with Crippen molar-refractivity contribution in [3.05, 3.63) is 75.2 Å². The molecule has 1 aromatic heterocycles. The molecular weight excluding hydrogens is 519 g/mol. The molecule has 0 spiro atoms. The summed E-state index contributed by atoms with van der Waals surface area (Å²) in [5, 5.41) is 4.42. The second kappa shape index (κ2) is 8.79. The van der Waals surface area contributed by atoms with Gasteiger partial charge in [0.25, 0.3) is 5.91 Å². The summed E-state index contributed by atoms with van der Waals surface area (Å²) in [6.07, 6.45) is 0. The van der Waals surface area contributed by atoms with Crippen LogP contribution in [0.3, 0.4) is 0 Å². The zero-order chi connectivity index (χ0) is 22.2. The molecule has 4 rings (SSSR count). The van der Waals surface area contributed by atoms with Gasteiger partial charge in [0.15, 0.2) is 5.60 Å². The lowest BCUT2D eigenvalue weighted by atomic mass is 10.1. The standard InChI is InChI=1S/C23H17BrCl2N2O2S/c1-23(2,30-14-9-7-13(24)8-10-14)22(29)28-19-11-15(16(25)12-17(19)26)21-27-18-5-3-4-6-20(18)31-21/h3-12H,1-2H3,(H,28,29). The number of hydrogen-bond acceptors (Lipinski definition) is 4. The summed E-state index contributed by atoms with van der Waals surface area (Å²) in [7, 11) is 0. The van der Waals surface area contributed by atoms with Gasteiger partial charge in [0.2, 0.25) is 0 Å². The van der Waals surface area contributed by atoms with Crippen LogP contribution in [0, 0.1) is 0 Å². The molecule has 1 heterocycles. The van der Waals surface area contributed by atoms with Crippen molar-refractivity contribution >= 4 is 72.3 Å². The van der Waals surface area contributed by atoms with E-state index in [1.54, 1.807) is 38.1 Å². The number of nitrogens with one attached hydrogen (secondary N) is 1. The third-order valence-electron chi connectivity index (χ3n) is 4.56. The number of halogens is 3. The van der Waals surface area contributed by atoms with Gasteiger partial charge in [-0.3, -0.25) is 4.79 Å².